The van der Waals surface area contributed by atoms with Gasteiger partial charge in [-0.25, -0.2) is 8.42 Å². The van der Waals surface area contributed by atoms with Gasteiger partial charge in [0, 0.05) is 19.6 Å². The lowest BCUT2D eigenvalue weighted by atomic mass is 10.2. The SMILES string of the molecule is COc1ccc(CNC(=O)c2ccc(S(=O)(=O)N3CCCCCC3)s2)cc1. The third-order valence-electron chi connectivity index (χ3n) is 4.58. The molecule has 0 unspecified atom stereocenters. The van der Waals surface area contributed by atoms with Crippen molar-refractivity contribution < 1.29 is 17.9 Å². The molecule has 2 heterocycles. The van der Waals surface area contributed by atoms with Crippen molar-refractivity contribution >= 4 is 27.3 Å². The van der Waals surface area contributed by atoms with Crippen LogP contribution < -0.4 is 10.1 Å². The fraction of sp³-hybridized carbons (Fsp3) is 0.421. The van der Waals surface area contributed by atoms with Crippen LogP contribution in [0.2, 0.25) is 0 Å². The van der Waals surface area contributed by atoms with Gasteiger partial charge in [-0.1, -0.05) is 25.0 Å². The molecule has 1 aromatic carbocycles. The minimum atomic E-state index is -3.51. The molecule has 1 aromatic heterocycles. The topological polar surface area (TPSA) is 75.7 Å². The molecule has 1 aliphatic rings. The van der Waals surface area contributed by atoms with Crippen LogP contribution in [0, 0.1) is 0 Å². The first kappa shape index (κ1) is 19.9. The average Bonchev–Trinajstić information content (AvgIpc) is 3.03. The third-order valence-corrected chi connectivity index (χ3v) is 8.03. The molecule has 0 spiro atoms. The fourth-order valence-corrected chi connectivity index (χ4v) is 5.90. The Morgan fingerprint density at radius 3 is 2.37 bits per heavy atom. The maximum absolute atomic E-state index is 12.8. The minimum absolute atomic E-state index is 0.235. The Balaban J connectivity index is 1.64. The van der Waals surface area contributed by atoms with Crippen LogP contribution in [0.3, 0.4) is 0 Å². The van der Waals surface area contributed by atoms with E-state index in [0.717, 1.165) is 48.3 Å². The molecule has 0 aliphatic carbocycles. The molecule has 6 nitrogen and oxygen atoms in total. The highest BCUT2D eigenvalue weighted by molar-refractivity contribution is 7.91. The van der Waals surface area contributed by atoms with Crippen molar-refractivity contribution in [3.05, 3.63) is 46.8 Å². The maximum Gasteiger partial charge on any atom is 0.261 e. The molecule has 1 fully saturated rings. The van der Waals surface area contributed by atoms with E-state index < -0.39 is 10.0 Å². The number of benzene rings is 1. The summed E-state index contributed by atoms with van der Waals surface area (Å²) in [7, 11) is -1.91. The zero-order valence-electron chi connectivity index (χ0n) is 15.3. The first-order valence-corrected chi connectivity index (χ1v) is 11.3. The van der Waals surface area contributed by atoms with Gasteiger partial charge in [-0.3, -0.25) is 4.79 Å². The van der Waals surface area contributed by atoms with Gasteiger partial charge >= 0.3 is 0 Å². The van der Waals surface area contributed by atoms with Gasteiger partial charge in [0.15, 0.2) is 0 Å². The highest BCUT2D eigenvalue weighted by atomic mass is 32.2. The lowest BCUT2D eigenvalue weighted by Crippen LogP contribution is -2.31. The minimum Gasteiger partial charge on any atom is -0.497 e. The van der Waals surface area contributed by atoms with E-state index in [9.17, 15) is 13.2 Å². The number of sulfonamides is 1. The summed E-state index contributed by atoms with van der Waals surface area (Å²) in [4.78, 5) is 12.8. The number of nitrogens with zero attached hydrogens (tertiary/aromatic N) is 1. The Morgan fingerprint density at radius 1 is 1.07 bits per heavy atom. The number of rotatable bonds is 6. The van der Waals surface area contributed by atoms with Gasteiger partial charge in [-0.15, -0.1) is 11.3 Å². The summed E-state index contributed by atoms with van der Waals surface area (Å²) < 4.78 is 32.5. The van der Waals surface area contributed by atoms with Gasteiger partial charge in [-0.05, 0) is 42.7 Å². The number of nitrogens with one attached hydrogen (secondary N) is 1. The molecule has 0 radical (unpaired) electrons. The van der Waals surface area contributed by atoms with Gasteiger partial charge in [0.1, 0.15) is 9.96 Å². The number of thiophene rings is 1. The Kier molecular flexibility index (Phi) is 6.51. The van der Waals surface area contributed by atoms with Crippen molar-refractivity contribution in [2.45, 2.75) is 36.4 Å². The van der Waals surface area contributed by atoms with Crippen molar-refractivity contribution in [2.75, 3.05) is 20.2 Å². The average molecular weight is 409 g/mol. The predicted molar refractivity (Wildman–Crippen MR) is 106 cm³/mol. The molecule has 1 N–H and O–H groups in total. The van der Waals surface area contributed by atoms with Crippen LogP contribution in [0.15, 0.2) is 40.6 Å². The van der Waals surface area contributed by atoms with Crippen LogP contribution in [0.4, 0.5) is 0 Å². The molecule has 146 valence electrons. The van der Waals surface area contributed by atoms with Gasteiger partial charge < -0.3 is 10.1 Å². The Labute approximate surface area is 164 Å². The number of ether oxygens (including phenoxy) is 1. The second-order valence-corrected chi connectivity index (χ2v) is 9.72. The van der Waals surface area contributed by atoms with Crippen molar-refractivity contribution in [3.8, 4) is 5.75 Å². The first-order chi connectivity index (χ1) is 13.0. The summed E-state index contributed by atoms with van der Waals surface area (Å²) in [5.41, 5.74) is 0.943. The summed E-state index contributed by atoms with van der Waals surface area (Å²) in [5, 5.41) is 2.83. The largest absolute Gasteiger partial charge is 0.497 e. The number of hydrogen-bond donors (Lipinski definition) is 1. The standard InChI is InChI=1S/C19H24N2O4S2/c1-25-16-8-6-15(7-9-16)14-20-19(22)17-10-11-18(26-17)27(23,24)21-12-4-2-3-5-13-21/h6-11H,2-5,12-14H2,1H3,(H,20,22). The maximum atomic E-state index is 12.8. The second kappa shape index (κ2) is 8.86. The molecule has 1 amide bonds. The van der Waals surface area contributed by atoms with E-state index in [0.29, 0.717) is 24.5 Å². The zero-order valence-corrected chi connectivity index (χ0v) is 16.9. The van der Waals surface area contributed by atoms with Gasteiger partial charge in [0.25, 0.3) is 15.9 Å². The van der Waals surface area contributed by atoms with Gasteiger partial charge in [-0.2, -0.15) is 4.31 Å². The monoisotopic (exact) mass is 408 g/mol. The molecule has 0 saturated carbocycles. The third kappa shape index (κ3) is 4.88. The summed E-state index contributed by atoms with van der Waals surface area (Å²) >= 11 is 1.03. The quantitative estimate of drug-likeness (QED) is 0.796. The predicted octanol–water partition coefficient (Wildman–Crippen LogP) is 3.25. The number of carbonyl (C=O) groups is 1. The molecule has 0 atom stereocenters. The van der Waals surface area contributed by atoms with E-state index in [4.69, 9.17) is 4.74 Å². The first-order valence-electron chi connectivity index (χ1n) is 9.02. The van der Waals surface area contributed by atoms with E-state index in [1.54, 1.807) is 17.5 Å². The molecule has 1 aliphatic heterocycles. The highest BCUT2D eigenvalue weighted by Crippen LogP contribution is 2.27. The number of carbonyl (C=O) groups excluding carboxylic acids is 1. The van der Waals surface area contributed by atoms with Crippen molar-refractivity contribution in [1.29, 1.82) is 0 Å². The van der Waals surface area contributed by atoms with E-state index in [2.05, 4.69) is 5.32 Å². The van der Waals surface area contributed by atoms with Gasteiger partial charge in [0.05, 0.1) is 12.0 Å². The van der Waals surface area contributed by atoms with Gasteiger partial charge in [0.2, 0.25) is 0 Å². The van der Waals surface area contributed by atoms with Crippen molar-refractivity contribution in [3.63, 3.8) is 0 Å². The van der Waals surface area contributed by atoms with Crippen LogP contribution >= 0.6 is 11.3 Å². The molecular weight excluding hydrogens is 384 g/mol. The number of hydrogen-bond acceptors (Lipinski definition) is 5. The van der Waals surface area contributed by atoms with E-state index in [-0.39, 0.29) is 10.1 Å². The lowest BCUT2D eigenvalue weighted by molar-refractivity contribution is 0.0955. The molecule has 0 bridgehead atoms. The molecule has 1 saturated heterocycles. The van der Waals surface area contributed by atoms with Crippen LogP contribution in [0.1, 0.15) is 40.9 Å². The Hall–Kier alpha value is -1.90. The molecule has 8 heteroatoms. The molecule has 3 rings (SSSR count). The molecular formula is C19H24N2O4S2. The fourth-order valence-electron chi connectivity index (χ4n) is 3.00. The van der Waals surface area contributed by atoms with Crippen LogP contribution in [0.25, 0.3) is 0 Å². The summed E-state index contributed by atoms with van der Waals surface area (Å²) in [5.74, 6) is 0.486. The van der Waals surface area contributed by atoms with Crippen LogP contribution in [0.5, 0.6) is 5.75 Å². The smallest absolute Gasteiger partial charge is 0.261 e. The van der Waals surface area contributed by atoms with Crippen LogP contribution in [-0.2, 0) is 16.6 Å². The summed E-state index contributed by atoms with van der Waals surface area (Å²) in [6, 6.07) is 10.5. The summed E-state index contributed by atoms with van der Waals surface area (Å²) in [6.45, 7) is 1.48. The van der Waals surface area contributed by atoms with Crippen LogP contribution in [-0.4, -0.2) is 38.8 Å². The van der Waals surface area contributed by atoms with E-state index >= 15 is 0 Å². The zero-order chi connectivity index (χ0) is 19.3. The van der Waals surface area contributed by atoms with Crippen molar-refractivity contribution in [1.82, 2.24) is 9.62 Å². The second-order valence-electron chi connectivity index (χ2n) is 6.47. The molecule has 27 heavy (non-hydrogen) atoms. The highest BCUT2D eigenvalue weighted by Gasteiger charge is 2.27. The number of amides is 1. The Bertz CT molecular complexity index is 867. The Morgan fingerprint density at radius 2 is 1.74 bits per heavy atom. The normalized spacial score (nSPS) is 15.9. The van der Waals surface area contributed by atoms with E-state index in [1.807, 2.05) is 24.3 Å². The lowest BCUT2D eigenvalue weighted by Gasteiger charge is -2.18. The van der Waals surface area contributed by atoms with Crippen molar-refractivity contribution in [2.24, 2.45) is 0 Å². The summed E-state index contributed by atoms with van der Waals surface area (Å²) in [6.07, 6.45) is 3.91. The number of methoxy groups -OCH3 is 1. The van der Waals surface area contributed by atoms with E-state index in [1.165, 1.54) is 6.07 Å². The molecule has 2 aromatic rings.